The van der Waals surface area contributed by atoms with E-state index in [0.717, 1.165) is 24.7 Å². The molecule has 2 aromatic rings. The Morgan fingerprint density at radius 1 is 0.897 bits per heavy atom. The van der Waals surface area contributed by atoms with Crippen LogP contribution in [-0.2, 0) is 4.74 Å². The number of nitro benzene ring substituents is 1. The van der Waals surface area contributed by atoms with Crippen LogP contribution in [0.4, 0.5) is 17.3 Å². The first-order valence-corrected chi connectivity index (χ1v) is 9.57. The number of morpholine rings is 1. The summed E-state index contributed by atoms with van der Waals surface area (Å²) < 4.78 is 5.35. The number of para-hydroxylation sites is 1. The van der Waals surface area contributed by atoms with Crippen molar-refractivity contribution in [3.63, 3.8) is 0 Å². The number of hydrogen-bond donors (Lipinski definition) is 0. The van der Waals surface area contributed by atoms with Gasteiger partial charge < -0.3 is 19.4 Å². The molecule has 0 unspecified atom stereocenters. The second kappa shape index (κ2) is 8.39. The lowest BCUT2D eigenvalue weighted by atomic mass is 10.1. The zero-order valence-corrected chi connectivity index (χ0v) is 15.9. The Kier molecular flexibility index (Phi) is 5.52. The standard InChI is InChI=1S/C19H22N6O4/c26-19(15-3-1-2-4-16(15)25(27)28)24-9-7-22(8-10-24)17-5-6-18(21-20-17)23-11-13-29-14-12-23/h1-6H,7-14H2. The molecular weight excluding hydrogens is 376 g/mol. The summed E-state index contributed by atoms with van der Waals surface area (Å²) in [6.45, 7) is 5.13. The molecule has 10 heteroatoms. The van der Waals surface area contributed by atoms with Crippen molar-refractivity contribution in [3.05, 3.63) is 52.1 Å². The Bertz CT molecular complexity index is 877. The molecule has 0 spiro atoms. The highest BCUT2D eigenvalue weighted by Crippen LogP contribution is 2.22. The SMILES string of the molecule is O=C(c1ccccc1[N+](=O)[O-])N1CCN(c2ccc(N3CCOCC3)nn2)CC1. The molecule has 0 atom stereocenters. The van der Waals surface area contributed by atoms with E-state index in [1.54, 1.807) is 17.0 Å². The summed E-state index contributed by atoms with van der Waals surface area (Å²) in [4.78, 5) is 29.3. The summed E-state index contributed by atoms with van der Waals surface area (Å²) in [5, 5.41) is 19.9. The summed E-state index contributed by atoms with van der Waals surface area (Å²) in [6, 6.07) is 9.96. The summed E-state index contributed by atoms with van der Waals surface area (Å²) in [6.07, 6.45) is 0. The fourth-order valence-electron chi connectivity index (χ4n) is 3.57. The minimum Gasteiger partial charge on any atom is -0.378 e. The van der Waals surface area contributed by atoms with Crippen LogP contribution in [0.15, 0.2) is 36.4 Å². The molecule has 4 rings (SSSR count). The molecule has 1 aromatic heterocycles. The molecule has 1 aromatic carbocycles. The molecule has 1 amide bonds. The number of carbonyl (C=O) groups excluding carboxylic acids is 1. The second-order valence-corrected chi connectivity index (χ2v) is 6.90. The second-order valence-electron chi connectivity index (χ2n) is 6.90. The van der Waals surface area contributed by atoms with Crippen LogP contribution in [-0.4, -0.2) is 78.4 Å². The van der Waals surface area contributed by atoms with Crippen molar-refractivity contribution >= 4 is 23.2 Å². The normalized spacial score (nSPS) is 17.3. The Hall–Kier alpha value is -3.27. The van der Waals surface area contributed by atoms with Gasteiger partial charge in [-0.05, 0) is 18.2 Å². The molecule has 29 heavy (non-hydrogen) atoms. The maximum atomic E-state index is 12.7. The number of ether oxygens (including phenoxy) is 1. The van der Waals surface area contributed by atoms with Gasteiger partial charge in [0.2, 0.25) is 0 Å². The van der Waals surface area contributed by atoms with Crippen LogP contribution >= 0.6 is 0 Å². The van der Waals surface area contributed by atoms with Crippen molar-refractivity contribution in [2.75, 3.05) is 62.3 Å². The number of benzene rings is 1. The molecule has 0 N–H and O–H groups in total. The maximum absolute atomic E-state index is 12.7. The highest BCUT2D eigenvalue weighted by molar-refractivity contribution is 5.98. The molecule has 2 aliphatic rings. The number of hydrogen-bond acceptors (Lipinski definition) is 8. The Balaban J connectivity index is 1.38. The van der Waals surface area contributed by atoms with E-state index in [-0.39, 0.29) is 17.2 Å². The molecule has 0 radical (unpaired) electrons. The van der Waals surface area contributed by atoms with Gasteiger partial charge in [0.05, 0.1) is 18.1 Å². The van der Waals surface area contributed by atoms with Gasteiger partial charge in [0.15, 0.2) is 11.6 Å². The molecule has 0 saturated carbocycles. The topological polar surface area (TPSA) is 105 Å². The van der Waals surface area contributed by atoms with Crippen LogP contribution in [0.25, 0.3) is 0 Å². The summed E-state index contributed by atoms with van der Waals surface area (Å²) in [5.41, 5.74) is -0.0369. The molecular formula is C19H22N6O4. The lowest BCUT2D eigenvalue weighted by molar-refractivity contribution is -0.385. The summed E-state index contributed by atoms with van der Waals surface area (Å²) in [5.74, 6) is 1.28. The maximum Gasteiger partial charge on any atom is 0.282 e. The molecule has 2 fully saturated rings. The van der Waals surface area contributed by atoms with Crippen molar-refractivity contribution in [1.82, 2.24) is 15.1 Å². The van der Waals surface area contributed by atoms with E-state index in [1.165, 1.54) is 12.1 Å². The van der Waals surface area contributed by atoms with E-state index in [0.29, 0.717) is 39.4 Å². The van der Waals surface area contributed by atoms with Crippen LogP contribution in [0.2, 0.25) is 0 Å². The minimum atomic E-state index is -0.519. The molecule has 2 saturated heterocycles. The Morgan fingerprint density at radius 3 is 2.07 bits per heavy atom. The molecule has 152 valence electrons. The van der Waals surface area contributed by atoms with Gasteiger partial charge in [0, 0.05) is 45.3 Å². The fourth-order valence-corrected chi connectivity index (χ4v) is 3.57. The Labute approximate surface area is 167 Å². The van der Waals surface area contributed by atoms with Crippen molar-refractivity contribution in [2.24, 2.45) is 0 Å². The molecule has 0 aliphatic carbocycles. The number of nitro groups is 1. The van der Waals surface area contributed by atoms with E-state index in [4.69, 9.17) is 4.74 Å². The lowest BCUT2D eigenvalue weighted by Crippen LogP contribution is -2.49. The third-order valence-corrected chi connectivity index (χ3v) is 5.19. The third kappa shape index (κ3) is 4.11. The zero-order valence-electron chi connectivity index (χ0n) is 15.9. The monoisotopic (exact) mass is 398 g/mol. The van der Waals surface area contributed by atoms with E-state index in [1.807, 2.05) is 12.1 Å². The number of carbonyl (C=O) groups is 1. The van der Waals surface area contributed by atoms with Gasteiger partial charge in [-0.3, -0.25) is 14.9 Å². The largest absolute Gasteiger partial charge is 0.378 e. The van der Waals surface area contributed by atoms with Crippen LogP contribution in [0.3, 0.4) is 0 Å². The highest BCUT2D eigenvalue weighted by Gasteiger charge is 2.27. The van der Waals surface area contributed by atoms with Crippen LogP contribution < -0.4 is 9.80 Å². The predicted molar refractivity (Wildman–Crippen MR) is 106 cm³/mol. The van der Waals surface area contributed by atoms with Gasteiger partial charge in [-0.2, -0.15) is 0 Å². The zero-order chi connectivity index (χ0) is 20.2. The molecule has 3 heterocycles. The van der Waals surface area contributed by atoms with Gasteiger partial charge in [-0.1, -0.05) is 12.1 Å². The first-order valence-electron chi connectivity index (χ1n) is 9.57. The quantitative estimate of drug-likeness (QED) is 0.559. The summed E-state index contributed by atoms with van der Waals surface area (Å²) in [7, 11) is 0. The highest BCUT2D eigenvalue weighted by atomic mass is 16.6. The number of nitrogens with zero attached hydrogens (tertiary/aromatic N) is 6. The predicted octanol–water partition coefficient (Wildman–Crippen LogP) is 1.18. The fraction of sp³-hybridized carbons (Fsp3) is 0.421. The van der Waals surface area contributed by atoms with Crippen LogP contribution in [0.5, 0.6) is 0 Å². The first-order chi connectivity index (χ1) is 14.1. The van der Waals surface area contributed by atoms with Gasteiger partial charge >= 0.3 is 0 Å². The van der Waals surface area contributed by atoms with E-state index >= 15 is 0 Å². The van der Waals surface area contributed by atoms with Crippen LogP contribution in [0.1, 0.15) is 10.4 Å². The van der Waals surface area contributed by atoms with E-state index in [9.17, 15) is 14.9 Å². The van der Waals surface area contributed by atoms with Crippen LogP contribution in [0, 0.1) is 10.1 Å². The minimum absolute atomic E-state index is 0.126. The van der Waals surface area contributed by atoms with Gasteiger partial charge in [0.25, 0.3) is 11.6 Å². The average molecular weight is 398 g/mol. The van der Waals surface area contributed by atoms with E-state index in [2.05, 4.69) is 20.0 Å². The lowest BCUT2D eigenvalue weighted by Gasteiger charge is -2.35. The first kappa shape index (κ1) is 19.1. The van der Waals surface area contributed by atoms with Crippen molar-refractivity contribution in [1.29, 1.82) is 0 Å². The van der Waals surface area contributed by atoms with Gasteiger partial charge in [-0.15, -0.1) is 10.2 Å². The van der Waals surface area contributed by atoms with Crippen molar-refractivity contribution < 1.29 is 14.5 Å². The molecule has 2 aliphatic heterocycles. The van der Waals surface area contributed by atoms with Crippen molar-refractivity contribution in [3.8, 4) is 0 Å². The number of rotatable bonds is 4. The smallest absolute Gasteiger partial charge is 0.282 e. The Morgan fingerprint density at radius 2 is 1.48 bits per heavy atom. The number of anilines is 2. The molecule has 10 nitrogen and oxygen atoms in total. The van der Waals surface area contributed by atoms with Crippen molar-refractivity contribution in [2.45, 2.75) is 0 Å². The third-order valence-electron chi connectivity index (χ3n) is 5.19. The number of piperazine rings is 1. The molecule has 0 bridgehead atoms. The number of amides is 1. The van der Waals surface area contributed by atoms with Gasteiger partial charge in [0.1, 0.15) is 5.56 Å². The van der Waals surface area contributed by atoms with Gasteiger partial charge in [-0.25, -0.2) is 0 Å². The summed E-state index contributed by atoms with van der Waals surface area (Å²) >= 11 is 0. The average Bonchev–Trinajstić information content (AvgIpc) is 2.79. The number of aromatic nitrogens is 2. The van der Waals surface area contributed by atoms with E-state index < -0.39 is 4.92 Å².